The predicted octanol–water partition coefficient (Wildman–Crippen LogP) is 2.18. The van der Waals surface area contributed by atoms with Crippen molar-refractivity contribution in [1.82, 2.24) is 9.61 Å². The largest absolute Gasteiger partial charge is 0.486 e. The number of nitrogens with zero attached hydrogens (tertiary/aromatic N) is 2. The summed E-state index contributed by atoms with van der Waals surface area (Å²) in [6.07, 6.45) is 0.384. The Morgan fingerprint density at radius 1 is 1.53 bits per heavy atom. The molecule has 6 heteroatoms. The summed E-state index contributed by atoms with van der Waals surface area (Å²) < 4.78 is 30.2. The molecule has 2 aromatic heterocycles. The lowest BCUT2D eigenvalue weighted by atomic mass is 10.2. The maximum absolute atomic E-state index is 12.0. The van der Waals surface area contributed by atoms with Crippen molar-refractivity contribution in [2.24, 2.45) is 0 Å². The van der Waals surface area contributed by atoms with E-state index in [9.17, 15) is 13.6 Å². The van der Waals surface area contributed by atoms with E-state index in [1.807, 2.05) is 0 Å². The van der Waals surface area contributed by atoms with Crippen LogP contribution in [0, 0.1) is 0 Å². The lowest BCUT2D eigenvalue weighted by molar-refractivity contribution is 0.0816. The molecule has 4 nitrogen and oxygen atoms in total. The van der Waals surface area contributed by atoms with E-state index < -0.39 is 13.0 Å². The fourth-order valence-corrected chi connectivity index (χ4v) is 1.48. The minimum atomic E-state index is -2.52. The van der Waals surface area contributed by atoms with Gasteiger partial charge in [0.1, 0.15) is 12.4 Å². The fourth-order valence-electron chi connectivity index (χ4n) is 1.48. The van der Waals surface area contributed by atoms with Gasteiger partial charge in [-0.1, -0.05) is 0 Å². The van der Waals surface area contributed by atoms with Gasteiger partial charge in [0.2, 0.25) is 0 Å². The minimum absolute atomic E-state index is 0.0961. The second-order valence-corrected chi connectivity index (χ2v) is 3.51. The molecule has 0 aliphatic rings. The zero-order chi connectivity index (χ0) is 12.4. The summed E-state index contributed by atoms with van der Waals surface area (Å²) in [7, 11) is 0. The van der Waals surface area contributed by atoms with Gasteiger partial charge >= 0.3 is 0 Å². The van der Waals surface area contributed by atoms with Gasteiger partial charge in [-0.3, -0.25) is 4.79 Å². The molecule has 0 saturated carbocycles. The first kappa shape index (κ1) is 11.5. The molecule has 0 spiro atoms. The Hall–Kier alpha value is -1.98. The average molecular weight is 240 g/mol. The van der Waals surface area contributed by atoms with Gasteiger partial charge in [0.25, 0.3) is 6.43 Å². The molecule has 0 saturated heterocycles. The van der Waals surface area contributed by atoms with Crippen LogP contribution < -0.4 is 4.74 Å². The zero-order valence-corrected chi connectivity index (χ0v) is 9.06. The topological polar surface area (TPSA) is 43.6 Å². The number of pyridine rings is 1. The molecule has 17 heavy (non-hydrogen) atoms. The van der Waals surface area contributed by atoms with Crippen LogP contribution in [0.15, 0.2) is 24.5 Å². The highest BCUT2D eigenvalue weighted by molar-refractivity contribution is 6.00. The second-order valence-electron chi connectivity index (χ2n) is 3.51. The Morgan fingerprint density at radius 2 is 2.29 bits per heavy atom. The molecule has 0 fully saturated rings. The summed E-state index contributed by atoms with van der Waals surface area (Å²) in [4.78, 5) is 11.2. The SMILES string of the molecule is CC(=O)c1cnn2cc(OCC(F)F)ccc12. The number of fused-ring (bicyclic) bond motifs is 1. The molecule has 0 unspecified atom stereocenters. The van der Waals surface area contributed by atoms with Gasteiger partial charge in [-0.15, -0.1) is 0 Å². The van der Waals surface area contributed by atoms with Gasteiger partial charge in [-0.25, -0.2) is 13.3 Å². The van der Waals surface area contributed by atoms with Crippen molar-refractivity contribution >= 4 is 11.3 Å². The third kappa shape index (κ3) is 2.41. The number of alkyl halides is 2. The summed E-state index contributed by atoms with van der Waals surface area (Å²) in [5.41, 5.74) is 1.12. The molecule has 90 valence electrons. The Bertz CT molecular complexity index is 551. The number of aromatic nitrogens is 2. The summed E-state index contributed by atoms with van der Waals surface area (Å²) in [6, 6.07) is 3.15. The predicted molar refractivity (Wildman–Crippen MR) is 56.7 cm³/mol. The van der Waals surface area contributed by atoms with E-state index in [-0.39, 0.29) is 11.5 Å². The van der Waals surface area contributed by atoms with Crippen molar-refractivity contribution in [1.29, 1.82) is 0 Å². The molecule has 0 amide bonds. The number of carbonyl (C=O) groups excluding carboxylic acids is 1. The summed E-state index contributed by atoms with van der Waals surface area (Å²) in [5.74, 6) is 0.192. The molecule has 0 N–H and O–H groups in total. The van der Waals surface area contributed by atoms with Crippen molar-refractivity contribution in [3.8, 4) is 5.75 Å². The van der Waals surface area contributed by atoms with Gasteiger partial charge in [0, 0.05) is 0 Å². The maximum Gasteiger partial charge on any atom is 0.272 e. The average Bonchev–Trinajstić information content (AvgIpc) is 2.69. The third-order valence-electron chi connectivity index (χ3n) is 2.24. The minimum Gasteiger partial charge on any atom is -0.486 e. The number of Topliss-reactive ketones (excluding diaryl/α,β-unsaturated/α-hetero) is 1. The number of ketones is 1. The molecule has 0 aromatic carbocycles. The lowest BCUT2D eigenvalue weighted by Crippen LogP contribution is -2.07. The maximum atomic E-state index is 12.0. The van der Waals surface area contributed by atoms with Crippen LogP contribution in [0.1, 0.15) is 17.3 Å². The lowest BCUT2D eigenvalue weighted by Gasteiger charge is -2.05. The van der Waals surface area contributed by atoms with Crippen LogP contribution in [-0.4, -0.2) is 28.4 Å². The molecule has 0 aliphatic heterocycles. The van der Waals surface area contributed by atoms with Crippen LogP contribution in [0.2, 0.25) is 0 Å². The number of rotatable bonds is 4. The van der Waals surface area contributed by atoms with Gasteiger partial charge in [-0.2, -0.15) is 5.10 Å². The van der Waals surface area contributed by atoms with Crippen LogP contribution in [0.5, 0.6) is 5.75 Å². The van der Waals surface area contributed by atoms with Crippen molar-refractivity contribution in [2.75, 3.05) is 6.61 Å². The molecular formula is C11H10F2N2O2. The number of carbonyl (C=O) groups is 1. The van der Waals surface area contributed by atoms with Crippen molar-refractivity contribution in [3.63, 3.8) is 0 Å². The summed E-state index contributed by atoms with van der Waals surface area (Å²) in [5, 5.41) is 3.96. The molecule has 0 bridgehead atoms. The van der Waals surface area contributed by atoms with Crippen LogP contribution in [0.25, 0.3) is 5.52 Å². The Balaban J connectivity index is 2.29. The van der Waals surface area contributed by atoms with Gasteiger partial charge in [-0.05, 0) is 19.1 Å². The van der Waals surface area contributed by atoms with E-state index in [1.54, 1.807) is 6.07 Å². The highest BCUT2D eigenvalue weighted by Gasteiger charge is 2.09. The molecule has 0 radical (unpaired) electrons. The van der Waals surface area contributed by atoms with E-state index in [0.717, 1.165) is 0 Å². The van der Waals surface area contributed by atoms with Crippen LogP contribution >= 0.6 is 0 Å². The standard InChI is InChI=1S/C11H10F2N2O2/c1-7(16)9-4-14-15-5-8(2-3-10(9)15)17-6-11(12)13/h2-5,11H,6H2,1H3. The first-order valence-electron chi connectivity index (χ1n) is 4.97. The summed E-state index contributed by atoms with van der Waals surface area (Å²) in [6.45, 7) is 0.782. The van der Waals surface area contributed by atoms with Crippen molar-refractivity contribution in [2.45, 2.75) is 13.3 Å². The Morgan fingerprint density at radius 3 is 2.94 bits per heavy atom. The van der Waals surface area contributed by atoms with Crippen LogP contribution in [0.3, 0.4) is 0 Å². The Kier molecular flexibility index (Phi) is 3.03. The molecule has 2 aromatic rings. The molecule has 0 atom stereocenters. The number of hydrogen-bond acceptors (Lipinski definition) is 3. The van der Waals surface area contributed by atoms with Crippen LogP contribution in [0.4, 0.5) is 8.78 Å². The molecule has 2 rings (SSSR count). The van der Waals surface area contributed by atoms with Crippen LogP contribution in [-0.2, 0) is 0 Å². The van der Waals surface area contributed by atoms with E-state index >= 15 is 0 Å². The quantitative estimate of drug-likeness (QED) is 0.769. The Labute approximate surface area is 95.8 Å². The van der Waals surface area contributed by atoms with Crippen molar-refractivity contribution < 1.29 is 18.3 Å². The monoisotopic (exact) mass is 240 g/mol. The first-order valence-corrected chi connectivity index (χ1v) is 4.97. The molecular weight excluding hydrogens is 230 g/mol. The zero-order valence-electron chi connectivity index (χ0n) is 9.06. The smallest absolute Gasteiger partial charge is 0.272 e. The van der Waals surface area contributed by atoms with Gasteiger partial charge < -0.3 is 4.74 Å². The summed E-state index contributed by atoms with van der Waals surface area (Å²) >= 11 is 0. The highest BCUT2D eigenvalue weighted by Crippen LogP contribution is 2.17. The van der Waals surface area contributed by atoms with Gasteiger partial charge in [0.15, 0.2) is 5.78 Å². The fraction of sp³-hybridized carbons (Fsp3) is 0.273. The van der Waals surface area contributed by atoms with E-state index in [4.69, 9.17) is 4.74 Å². The molecule has 2 heterocycles. The normalized spacial score (nSPS) is 11.1. The van der Waals surface area contributed by atoms with Crippen molar-refractivity contribution in [3.05, 3.63) is 30.1 Å². The third-order valence-corrected chi connectivity index (χ3v) is 2.24. The molecule has 0 aliphatic carbocycles. The van der Waals surface area contributed by atoms with E-state index in [2.05, 4.69) is 5.10 Å². The number of halogens is 2. The number of ether oxygens (including phenoxy) is 1. The van der Waals surface area contributed by atoms with E-state index in [1.165, 1.54) is 29.9 Å². The first-order chi connectivity index (χ1) is 8.08. The second kappa shape index (κ2) is 4.48. The van der Waals surface area contributed by atoms with E-state index in [0.29, 0.717) is 11.1 Å². The van der Waals surface area contributed by atoms with Gasteiger partial charge in [0.05, 0.1) is 23.5 Å². The number of hydrogen-bond donors (Lipinski definition) is 0. The highest BCUT2D eigenvalue weighted by atomic mass is 19.3.